The van der Waals surface area contributed by atoms with Crippen LogP contribution >= 0.6 is 0 Å². The van der Waals surface area contributed by atoms with Gasteiger partial charge < -0.3 is 10.5 Å². The molecule has 0 amide bonds. The van der Waals surface area contributed by atoms with Gasteiger partial charge in [0, 0.05) is 0 Å². The van der Waals surface area contributed by atoms with E-state index in [1.165, 1.54) is 17.5 Å². The Bertz CT molecular complexity index is 581. The van der Waals surface area contributed by atoms with Gasteiger partial charge in [0.1, 0.15) is 5.75 Å². The van der Waals surface area contributed by atoms with E-state index >= 15 is 0 Å². The van der Waals surface area contributed by atoms with Crippen molar-refractivity contribution < 1.29 is 4.74 Å². The quantitative estimate of drug-likeness (QED) is 0.877. The van der Waals surface area contributed by atoms with E-state index < -0.39 is 0 Å². The fourth-order valence-electron chi connectivity index (χ4n) is 3.33. The van der Waals surface area contributed by atoms with Gasteiger partial charge in [-0.15, -0.1) is 0 Å². The van der Waals surface area contributed by atoms with E-state index in [9.17, 15) is 0 Å². The molecule has 2 aromatic carbocycles. The summed E-state index contributed by atoms with van der Waals surface area (Å²) in [6.07, 6.45) is 2.32. The van der Waals surface area contributed by atoms with E-state index in [-0.39, 0.29) is 0 Å². The van der Waals surface area contributed by atoms with Crippen molar-refractivity contribution in [1.82, 2.24) is 0 Å². The Morgan fingerprint density at radius 2 is 1.95 bits per heavy atom. The zero-order chi connectivity index (χ0) is 14.7. The average Bonchev–Trinajstić information content (AvgIpc) is 3.34. The third-order valence-electron chi connectivity index (χ3n) is 4.61. The summed E-state index contributed by atoms with van der Waals surface area (Å²) in [5, 5.41) is 0. The Balaban J connectivity index is 1.66. The minimum Gasteiger partial charge on any atom is -0.497 e. The SMILES string of the molecule is COc1cccc(CC(CN)C2CC2c2ccccc2)c1. The summed E-state index contributed by atoms with van der Waals surface area (Å²) >= 11 is 0. The predicted octanol–water partition coefficient (Wildman–Crippen LogP) is 3.62. The van der Waals surface area contributed by atoms with Crippen molar-refractivity contribution in [3.63, 3.8) is 0 Å². The minimum absolute atomic E-state index is 0.558. The molecule has 0 radical (unpaired) electrons. The maximum atomic E-state index is 6.04. The molecule has 0 aromatic heterocycles. The number of hydrogen-bond acceptors (Lipinski definition) is 2. The Morgan fingerprint density at radius 1 is 1.14 bits per heavy atom. The number of ether oxygens (including phenoxy) is 1. The number of methoxy groups -OCH3 is 1. The van der Waals surface area contributed by atoms with Crippen LogP contribution in [0.2, 0.25) is 0 Å². The highest BCUT2D eigenvalue weighted by molar-refractivity contribution is 5.30. The molecule has 21 heavy (non-hydrogen) atoms. The summed E-state index contributed by atoms with van der Waals surface area (Å²) in [5.41, 5.74) is 8.83. The van der Waals surface area contributed by atoms with Crippen LogP contribution in [0.5, 0.6) is 5.75 Å². The van der Waals surface area contributed by atoms with E-state index in [2.05, 4.69) is 48.5 Å². The molecule has 2 heteroatoms. The van der Waals surface area contributed by atoms with E-state index in [1.807, 2.05) is 6.07 Å². The lowest BCUT2D eigenvalue weighted by atomic mass is 9.92. The second kappa shape index (κ2) is 6.31. The lowest BCUT2D eigenvalue weighted by Crippen LogP contribution is -2.19. The van der Waals surface area contributed by atoms with Gasteiger partial charge in [-0.1, -0.05) is 42.5 Å². The van der Waals surface area contributed by atoms with Gasteiger partial charge in [-0.3, -0.25) is 0 Å². The lowest BCUT2D eigenvalue weighted by molar-refractivity contribution is 0.412. The van der Waals surface area contributed by atoms with Gasteiger partial charge in [0.05, 0.1) is 7.11 Å². The first-order valence-corrected chi connectivity index (χ1v) is 7.69. The normalized spacial score (nSPS) is 21.8. The van der Waals surface area contributed by atoms with Crippen LogP contribution in [0, 0.1) is 11.8 Å². The Labute approximate surface area is 126 Å². The first kappa shape index (κ1) is 14.2. The number of benzene rings is 2. The number of hydrogen-bond donors (Lipinski definition) is 1. The van der Waals surface area contributed by atoms with Gasteiger partial charge >= 0.3 is 0 Å². The summed E-state index contributed by atoms with van der Waals surface area (Å²) in [6.45, 7) is 0.755. The maximum Gasteiger partial charge on any atom is 0.119 e. The van der Waals surface area contributed by atoms with Gasteiger partial charge in [0.2, 0.25) is 0 Å². The maximum absolute atomic E-state index is 6.04. The molecule has 1 saturated carbocycles. The second-order valence-corrected chi connectivity index (χ2v) is 5.97. The number of nitrogens with two attached hydrogens (primary N) is 1. The summed E-state index contributed by atoms with van der Waals surface area (Å²) in [7, 11) is 1.71. The molecular weight excluding hydrogens is 258 g/mol. The molecule has 0 bridgehead atoms. The standard InChI is InChI=1S/C19H23NO/c1-21-17-9-5-6-14(11-17)10-16(13-20)19-12-18(19)15-7-3-2-4-8-15/h2-9,11,16,18-19H,10,12-13,20H2,1H3. The molecule has 1 fully saturated rings. The van der Waals surface area contributed by atoms with Crippen molar-refractivity contribution in [3.8, 4) is 5.75 Å². The van der Waals surface area contributed by atoms with Crippen LogP contribution in [0.4, 0.5) is 0 Å². The van der Waals surface area contributed by atoms with Crippen LogP contribution in [0.15, 0.2) is 54.6 Å². The van der Waals surface area contributed by atoms with Crippen LogP contribution in [-0.2, 0) is 6.42 Å². The molecule has 0 saturated heterocycles. The highest BCUT2D eigenvalue weighted by atomic mass is 16.5. The van der Waals surface area contributed by atoms with Crippen LogP contribution in [0.1, 0.15) is 23.5 Å². The van der Waals surface area contributed by atoms with Crippen molar-refractivity contribution >= 4 is 0 Å². The molecule has 2 aromatic rings. The average molecular weight is 281 g/mol. The van der Waals surface area contributed by atoms with Gasteiger partial charge in [-0.2, -0.15) is 0 Å². The molecule has 3 rings (SSSR count). The van der Waals surface area contributed by atoms with Crippen LogP contribution in [-0.4, -0.2) is 13.7 Å². The van der Waals surface area contributed by atoms with Gasteiger partial charge in [-0.05, 0) is 60.4 Å². The second-order valence-electron chi connectivity index (χ2n) is 5.97. The van der Waals surface area contributed by atoms with Crippen molar-refractivity contribution in [2.45, 2.75) is 18.8 Å². The number of rotatable bonds is 6. The molecule has 1 aliphatic carbocycles. The predicted molar refractivity (Wildman–Crippen MR) is 86.5 cm³/mol. The van der Waals surface area contributed by atoms with E-state index in [0.29, 0.717) is 11.8 Å². The smallest absolute Gasteiger partial charge is 0.119 e. The van der Waals surface area contributed by atoms with Gasteiger partial charge in [-0.25, -0.2) is 0 Å². The molecule has 110 valence electrons. The van der Waals surface area contributed by atoms with E-state index in [1.54, 1.807) is 7.11 Å². The molecule has 3 atom stereocenters. The van der Waals surface area contributed by atoms with Crippen LogP contribution in [0.25, 0.3) is 0 Å². The molecule has 0 heterocycles. The fraction of sp³-hybridized carbons (Fsp3) is 0.368. The molecule has 1 aliphatic rings. The van der Waals surface area contributed by atoms with Crippen LogP contribution < -0.4 is 10.5 Å². The van der Waals surface area contributed by atoms with E-state index in [4.69, 9.17) is 10.5 Å². The topological polar surface area (TPSA) is 35.2 Å². The third kappa shape index (κ3) is 3.27. The van der Waals surface area contributed by atoms with Crippen molar-refractivity contribution in [3.05, 3.63) is 65.7 Å². The van der Waals surface area contributed by atoms with Crippen molar-refractivity contribution in [2.75, 3.05) is 13.7 Å². The summed E-state index contributed by atoms with van der Waals surface area (Å²) in [4.78, 5) is 0. The zero-order valence-corrected chi connectivity index (χ0v) is 12.5. The van der Waals surface area contributed by atoms with Crippen LogP contribution in [0.3, 0.4) is 0 Å². The molecule has 2 nitrogen and oxygen atoms in total. The Morgan fingerprint density at radius 3 is 2.67 bits per heavy atom. The summed E-state index contributed by atoms with van der Waals surface area (Å²) in [5.74, 6) is 2.91. The summed E-state index contributed by atoms with van der Waals surface area (Å²) in [6, 6.07) is 19.2. The van der Waals surface area contributed by atoms with E-state index in [0.717, 1.165) is 24.6 Å². The lowest BCUT2D eigenvalue weighted by Gasteiger charge is -2.15. The first-order valence-electron chi connectivity index (χ1n) is 7.69. The summed E-state index contributed by atoms with van der Waals surface area (Å²) < 4.78 is 5.31. The molecule has 3 unspecified atom stereocenters. The Kier molecular flexibility index (Phi) is 4.26. The Hall–Kier alpha value is -1.80. The zero-order valence-electron chi connectivity index (χ0n) is 12.5. The van der Waals surface area contributed by atoms with Gasteiger partial charge in [0.15, 0.2) is 0 Å². The largest absolute Gasteiger partial charge is 0.497 e. The van der Waals surface area contributed by atoms with Crippen molar-refractivity contribution in [1.29, 1.82) is 0 Å². The molecule has 0 aliphatic heterocycles. The molecule has 0 spiro atoms. The third-order valence-corrected chi connectivity index (χ3v) is 4.61. The molecule has 2 N–H and O–H groups in total. The minimum atomic E-state index is 0.558. The first-order chi connectivity index (χ1) is 10.3. The van der Waals surface area contributed by atoms with Gasteiger partial charge in [0.25, 0.3) is 0 Å². The van der Waals surface area contributed by atoms with Crippen molar-refractivity contribution in [2.24, 2.45) is 17.6 Å². The fourth-order valence-corrected chi connectivity index (χ4v) is 3.33. The highest BCUT2D eigenvalue weighted by Gasteiger charge is 2.42. The highest BCUT2D eigenvalue weighted by Crippen LogP contribution is 2.52. The monoisotopic (exact) mass is 281 g/mol. The molecular formula is C19H23NO.